The molecule has 1 aromatic carbocycles. The number of esters is 1. The van der Waals surface area contributed by atoms with Crippen LogP contribution in [0.25, 0.3) is 0 Å². The highest BCUT2D eigenvalue weighted by Gasteiger charge is 2.07. The van der Waals surface area contributed by atoms with Crippen molar-refractivity contribution in [2.24, 2.45) is 0 Å². The quantitative estimate of drug-likeness (QED) is 0.705. The van der Waals surface area contributed by atoms with Crippen LogP contribution in [0.15, 0.2) is 12.1 Å². The molecule has 0 saturated carbocycles. The van der Waals surface area contributed by atoms with E-state index in [-0.39, 0.29) is 5.97 Å². The average Bonchev–Trinajstić information content (AvgIpc) is 2.14. The lowest BCUT2D eigenvalue weighted by Gasteiger charge is -2.07. The van der Waals surface area contributed by atoms with Gasteiger partial charge in [-0.2, -0.15) is 0 Å². The van der Waals surface area contributed by atoms with Crippen LogP contribution in [-0.2, 0) is 16.0 Å². The molecule has 0 atom stereocenters. The Morgan fingerprint density at radius 1 is 1.36 bits per heavy atom. The van der Waals surface area contributed by atoms with Crippen LogP contribution in [0.2, 0.25) is 5.02 Å². The minimum atomic E-state index is -0.227. The predicted octanol–water partition coefficient (Wildman–Crippen LogP) is 2.67. The number of ether oxygens (including phenoxy) is 1. The molecule has 14 heavy (non-hydrogen) atoms. The lowest BCUT2D eigenvalue weighted by atomic mass is 10.0. The van der Waals surface area contributed by atoms with Gasteiger partial charge in [-0.05, 0) is 36.6 Å². The van der Waals surface area contributed by atoms with Crippen LogP contribution in [0.5, 0.6) is 0 Å². The summed E-state index contributed by atoms with van der Waals surface area (Å²) in [6.07, 6.45) is 0.306. The number of aryl methyl sites for hydroxylation is 2. The molecule has 0 unspecified atom stereocenters. The van der Waals surface area contributed by atoms with Gasteiger partial charge in [0.15, 0.2) is 0 Å². The standard InChI is InChI=1S/C11H13ClO2/c1-7-5-10(12)8(2)4-9(7)6-11(13)14-3/h4-5H,6H2,1-3H3. The third-order valence-corrected chi connectivity index (χ3v) is 2.59. The first-order valence-corrected chi connectivity index (χ1v) is 4.75. The van der Waals surface area contributed by atoms with Crippen LogP contribution in [0, 0.1) is 13.8 Å². The molecule has 0 aliphatic heterocycles. The Morgan fingerprint density at radius 2 is 2.00 bits per heavy atom. The highest BCUT2D eigenvalue weighted by atomic mass is 35.5. The molecule has 0 aliphatic carbocycles. The molecular weight excluding hydrogens is 200 g/mol. The molecule has 0 aromatic heterocycles. The molecule has 2 nitrogen and oxygen atoms in total. The van der Waals surface area contributed by atoms with E-state index in [1.165, 1.54) is 7.11 Å². The van der Waals surface area contributed by atoms with Crippen LogP contribution in [0.4, 0.5) is 0 Å². The summed E-state index contributed by atoms with van der Waals surface area (Å²) < 4.78 is 4.61. The number of hydrogen-bond acceptors (Lipinski definition) is 2. The first-order valence-electron chi connectivity index (χ1n) is 4.37. The highest BCUT2D eigenvalue weighted by molar-refractivity contribution is 6.31. The summed E-state index contributed by atoms with van der Waals surface area (Å²) in [4.78, 5) is 11.1. The van der Waals surface area contributed by atoms with E-state index >= 15 is 0 Å². The van der Waals surface area contributed by atoms with E-state index < -0.39 is 0 Å². The summed E-state index contributed by atoms with van der Waals surface area (Å²) in [6, 6.07) is 3.80. The van der Waals surface area contributed by atoms with Gasteiger partial charge in [0.2, 0.25) is 0 Å². The van der Waals surface area contributed by atoms with Crippen LogP contribution in [-0.4, -0.2) is 13.1 Å². The maximum Gasteiger partial charge on any atom is 0.309 e. The Morgan fingerprint density at radius 3 is 2.57 bits per heavy atom. The summed E-state index contributed by atoms with van der Waals surface area (Å²) in [5.41, 5.74) is 2.97. The number of carbonyl (C=O) groups is 1. The Balaban J connectivity index is 2.98. The van der Waals surface area contributed by atoms with Crippen molar-refractivity contribution in [3.63, 3.8) is 0 Å². The minimum Gasteiger partial charge on any atom is -0.469 e. The molecule has 76 valence electrons. The van der Waals surface area contributed by atoms with Crippen molar-refractivity contribution in [3.8, 4) is 0 Å². The van der Waals surface area contributed by atoms with Crippen LogP contribution < -0.4 is 0 Å². The van der Waals surface area contributed by atoms with Gasteiger partial charge < -0.3 is 4.74 Å². The number of methoxy groups -OCH3 is 1. The molecule has 1 aromatic rings. The Bertz CT molecular complexity index is 359. The topological polar surface area (TPSA) is 26.3 Å². The van der Waals surface area contributed by atoms with Crippen molar-refractivity contribution in [1.82, 2.24) is 0 Å². The zero-order chi connectivity index (χ0) is 10.7. The fourth-order valence-corrected chi connectivity index (χ4v) is 1.48. The molecule has 0 N–H and O–H groups in total. The van der Waals surface area contributed by atoms with Crippen molar-refractivity contribution >= 4 is 17.6 Å². The van der Waals surface area contributed by atoms with Gasteiger partial charge in [-0.15, -0.1) is 0 Å². The van der Waals surface area contributed by atoms with Crippen LogP contribution in [0.1, 0.15) is 16.7 Å². The third kappa shape index (κ3) is 2.48. The zero-order valence-corrected chi connectivity index (χ0v) is 9.31. The van der Waals surface area contributed by atoms with Crippen molar-refractivity contribution in [2.75, 3.05) is 7.11 Å². The molecule has 1 rings (SSSR count). The van der Waals surface area contributed by atoms with Gasteiger partial charge in [-0.25, -0.2) is 0 Å². The fourth-order valence-electron chi connectivity index (χ4n) is 1.26. The maximum atomic E-state index is 11.1. The summed E-state index contributed by atoms with van der Waals surface area (Å²) >= 11 is 5.94. The van der Waals surface area contributed by atoms with E-state index in [9.17, 15) is 4.79 Å². The lowest BCUT2D eigenvalue weighted by molar-refractivity contribution is -0.139. The number of carbonyl (C=O) groups excluding carboxylic acids is 1. The minimum absolute atomic E-state index is 0.227. The molecule has 0 fully saturated rings. The largest absolute Gasteiger partial charge is 0.469 e. The first kappa shape index (κ1) is 11.1. The summed E-state index contributed by atoms with van der Waals surface area (Å²) in [6.45, 7) is 3.85. The van der Waals surface area contributed by atoms with Crippen molar-refractivity contribution in [1.29, 1.82) is 0 Å². The van der Waals surface area contributed by atoms with Gasteiger partial charge in [-0.3, -0.25) is 4.79 Å². The Hall–Kier alpha value is -1.02. The summed E-state index contributed by atoms with van der Waals surface area (Å²) in [7, 11) is 1.39. The maximum absolute atomic E-state index is 11.1. The summed E-state index contributed by atoms with van der Waals surface area (Å²) in [5.74, 6) is -0.227. The smallest absolute Gasteiger partial charge is 0.309 e. The van der Waals surface area contributed by atoms with E-state index in [2.05, 4.69) is 4.74 Å². The van der Waals surface area contributed by atoms with E-state index in [0.29, 0.717) is 6.42 Å². The Labute approximate surface area is 88.8 Å². The molecule has 0 radical (unpaired) electrons. The second-order valence-electron chi connectivity index (χ2n) is 3.28. The van der Waals surface area contributed by atoms with Crippen molar-refractivity contribution in [2.45, 2.75) is 20.3 Å². The van der Waals surface area contributed by atoms with Crippen molar-refractivity contribution < 1.29 is 9.53 Å². The fraction of sp³-hybridized carbons (Fsp3) is 0.364. The third-order valence-electron chi connectivity index (χ3n) is 2.18. The van der Waals surface area contributed by atoms with E-state index in [1.807, 2.05) is 26.0 Å². The van der Waals surface area contributed by atoms with Gasteiger partial charge in [0.25, 0.3) is 0 Å². The first-order chi connectivity index (χ1) is 6.54. The normalized spacial score (nSPS) is 10.0. The zero-order valence-electron chi connectivity index (χ0n) is 8.56. The highest BCUT2D eigenvalue weighted by Crippen LogP contribution is 2.20. The van der Waals surface area contributed by atoms with Gasteiger partial charge >= 0.3 is 5.97 Å². The molecule has 3 heteroatoms. The van der Waals surface area contributed by atoms with Gasteiger partial charge in [0.05, 0.1) is 13.5 Å². The van der Waals surface area contributed by atoms with E-state index in [0.717, 1.165) is 21.7 Å². The number of hydrogen-bond donors (Lipinski definition) is 0. The molecule has 0 aliphatic rings. The van der Waals surface area contributed by atoms with Crippen LogP contribution >= 0.6 is 11.6 Å². The number of rotatable bonds is 2. The van der Waals surface area contributed by atoms with Gasteiger partial charge in [0.1, 0.15) is 0 Å². The monoisotopic (exact) mass is 212 g/mol. The van der Waals surface area contributed by atoms with Crippen LogP contribution in [0.3, 0.4) is 0 Å². The second-order valence-corrected chi connectivity index (χ2v) is 3.69. The van der Waals surface area contributed by atoms with E-state index in [4.69, 9.17) is 11.6 Å². The SMILES string of the molecule is COC(=O)Cc1cc(C)c(Cl)cc1C. The Kier molecular flexibility index (Phi) is 3.53. The number of benzene rings is 1. The molecule has 0 heterocycles. The molecule has 0 saturated heterocycles. The second kappa shape index (κ2) is 4.47. The summed E-state index contributed by atoms with van der Waals surface area (Å²) in [5, 5.41) is 0.733. The predicted molar refractivity (Wildman–Crippen MR) is 56.6 cm³/mol. The lowest BCUT2D eigenvalue weighted by Crippen LogP contribution is -2.06. The molecular formula is C11H13ClO2. The van der Waals surface area contributed by atoms with Gasteiger partial charge in [0, 0.05) is 5.02 Å². The van der Waals surface area contributed by atoms with E-state index in [1.54, 1.807) is 0 Å². The van der Waals surface area contributed by atoms with Crippen molar-refractivity contribution in [3.05, 3.63) is 33.8 Å². The molecule has 0 bridgehead atoms. The van der Waals surface area contributed by atoms with Gasteiger partial charge in [-0.1, -0.05) is 17.7 Å². The molecule has 0 amide bonds. The average molecular weight is 213 g/mol. The molecule has 0 spiro atoms. The number of halogens is 1.